The molecular weight excluding hydrogens is 264 g/mol. The van der Waals surface area contributed by atoms with Crippen LogP contribution in [0.2, 0.25) is 0 Å². The Morgan fingerprint density at radius 3 is 2.86 bits per heavy atom. The number of nitrogens with zero attached hydrogens (tertiary/aromatic N) is 3. The van der Waals surface area contributed by atoms with Crippen LogP contribution in [0, 0.1) is 6.92 Å². The molecule has 0 atom stereocenters. The van der Waals surface area contributed by atoms with Crippen LogP contribution in [0.25, 0.3) is 5.82 Å². The summed E-state index contributed by atoms with van der Waals surface area (Å²) in [7, 11) is 0. The molecule has 0 radical (unpaired) electrons. The van der Waals surface area contributed by atoms with Gasteiger partial charge in [0.05, 0.1) is 11.9 Å². The van der Waals surface area contributed by atoms with E-state index < -0.39 is 0 Å². The molecule has 2 aromatic heterocycles. The van der Waals surface area contributed by atoms with Gasteiger partial charge >= 0.3 is 0 Å². The lowest BCUT2D eigenvalue weighted by Crippen LogP contribution is -2.02. The number of phenolic OH excluding ortho intramolecular Hbond substituents is 1. The van der Waals surface area contributed by atoms with Crippen LogP contribution >= 0.6 is 0 Å². The SMILES string of the molecule is Cc1cccc(CNc2ccc(-n3ccnc3)nc2)c1O. The number of phenols is 1. The van der Waals surface area contributed by atoms with Gasteiger partial charge in [0.15, 0.2) is 0 Å². The minimum Gasteiger partial charge on any atom is -0.507 e. The number of rotatable bonds is 4. The molecule has 5 nitrogen and oxygen atoms in total. The van der Waals surface area contributed by atoms with Crippen LogP contribution in [0.5, 0.6) is 5.75 Å². The summed E-state index contributed by atoms with van der Waals surface area (Å²) in [5.41, 5.74) is 2.65. The third-order valence-corrected chi connectivity index (χ3v) is 3.32. The largest absolute Gasteiger partial charge is 0.507 e. The molecule has 0 fully saturated rings. The highest BCUT2D eigenvalue weighted by atomic mass is 16.3. The van der Waals surface area contributed by atoms with Gasteiger partial charge in [0.2, 0.25) is 0 Å². The molecule has 0 aliphatic rings. The first-order valence-corrected chi connectivity index (χ1v) is 6.70. The topological polar surface area (TPSA) is 63.0 Å². The first-order chi connectivity index (χ1) is 10.2. The van der Waals surface area contributed by atoms with Crippen LogP contribution in [0.15, 0.2) is 55.2 Å². The number of anilines is 1. The summed E-state index contributed by atoms with van der Waals surface area (Å²) in [6.07, 6.45) is 7.04. The van der Waals surface area contributed by atoms with E-state index in [4.69, 9.17) is 0 Å². The van der Waals surface area contributed by atoms with Crippen molar-refractivity contribution in [3.63, 3.8) is 0 Å². The fourth-order valence-electron chi connectivity index (χ4n) is 2.10. The fourth-order valence-corrected chi connectivity index (χ4v) is 2.10. The van der Waals surface area contributed by atoms with Gasteiger partial charge in [-0.05, 0) is 24.6 Å². The molecule has 0 unspecified atom stereocenters. The van der Waals surface area contributed by atoms with E-state index in [1.165, 1.54) is 0 Å². The van der Waals surface area contributed by atoms with E-state index in [0.717, 1.165) is 22.6 Å². The smallest absolute Gasteiger partial charge is 0.137 e. The summed E-state index contributed by atoms with van der Waals surface area (Å²) in [6, 6.07) is 9.60. The molecule has 0 bridgehead atoms. The van der Waals surface area contributed by atoms with Crippen LogP contribution in [0.1, 0.15) is 11.1 Å². The molecular formula is C16H16N4O. The Morgan fingerprint density at radius 1 is 1.24 bits per heavy atom. The Labute approximate surface area is 122 Å². The van der Waals surface area contributed by atoms with Gasteiger partial charge in [0, 0.05) is 24.5 Å². The molecule has 2 heterocycles. The second-order valence-corrected chi connectivity index (χ2v) is 4.81. The maximum atomic E-state index is 9.98. The highest BCUT2D eigenvalue weighted by Crippen LogP contribution is 2.22. The van der Waals surface area contributed by atoms with Gasteiger partial charge in [-0.25, -0.2) is 9.97 Å². The van der Waals surface area contributed by atoms with Gasteiger partial charge in [-0.15, -0.1) is 0 Å². The molecule has 0 aliphatic carbocycles. The van der Waals surface area contributed by atoms with Gasteiger partial charge in [0.1, 0.15) is 17.9 Å². The number of nitrogens with one attached hydrogen (secondary N) is 1. The third kappa shape index (κ3) is 2.86. The monoisotopic (exact) mass is 280 g/mol. The summed E-state index contributed by atoms with van der Waals surface area (Å²) in [5.74, 6) is 1.16. The first kappa shape index (κ1) is 13.2. The molecule has 3 rings (SSSR count). The van der Waals surface area contributed by atoms with Crippen molar-refractivity contribution < 1.29 is 5.11 Å². The van der Waals surface area contributed by atoms with E-state index in [-0.39, 0.29) is 0 Å². The number of pyridine rings is 1. The number of aromatic nitrogens is 3. The van der Waals surface area contributed by atoms with Gasteiger partial charge in [-0.2, -0.15) is 0 Å². The van der Waals surface area contributed by atoms with E-state index in [0.29, 0.717) is 12.3 Å². The highest BCUT2D eigenvalue weighted by molar-refractivity contribution is 5.46. The van der Waals surface area contributed by atoms with Crippen LogP contribution < -0.4 is 5.32 Å². The Hall–Kier alpha value is -2.82. The Bertz CT molecular complexity index is 721. The molecule has 3 aromatic rings. The van der Waals surface area contributed by atoms with Gasteiger partial charge in [-0.1, -0.05) is 18.2 Å². The number of imidazole rings is 1. The number of hydrogen-bond donors (Lipinski definition) is 2. The zero-order chi connectivity index (χ0) is 14.7. The Kier molecular flexibility index (Phi) is 3.55. The average Bonchev–Trinajstić information content (AvgIpc) is 3.04. The molecule has 2 N–H and O–H groups in total. The lowest BCUT2D eigenvalue weighted by atomic mass is 10.1. The van der Waals surface area contributed by atoms with E-state index in [2.05, 4.69) is 15.3 Å². The van der Waals surface area contributed by atoms with Crippen LogP contribution in [-0.2, 0) is 6.54 Å². The molecule has 0 spiro atoms. The normalized spacial score (nSPS) is 10.5. The zero-order valence-electron chi connectivity index (χ0n) is 11.7. The molecule has 106 valence electrons. The highest BCUT2D eigenvalue weighted by Gasteiger charge is 2.03. The van der Waals surface area contributed by atoms with Gasteiger partial charge in [0.25, 0.3) is 0 Å². The van der Waals surface area contributed by atoms with Crippen molar-refractivity contribution in [2.24, 2.45) is 0 Å². The second kappa shape index (κ2) is 5.66. The minimum absolute atomic E-state index is 0.341. The lowest BCUT2D eigenvalue weighted by Gasteiger charge is -2.10. The van der Waals surface area contributed by atoms with Gasteiger partial charge < -0.3 is 10.4 Å². The molecule has 0 saturated heterocycles. The summed E-state index contributed by atoms with van der Waals surface area (Å²) < 4.78 is 1.84. The zero-order valence-corrected chi connectivity index (χ0v) is 11.7. The summed E-state index contributed by atoms with van der Waals surface area (Å²) in [6.45, 7) is 2.44. The summed E-state index contributed by atoms with van der Waals surface area (Å²) in [4.78, 5) is 8.37. The summed E-state index contributed by atoms with van der Waals surface area (Å²) in [5, 5.41) is 13.2. The van der Waals surface area contributed by atoms with Crippen LogP contribution in [0.4, 0.5) is 5.69 Å². The van der Waals surface area contributed by atoms with E-state index in [9.17, 15) is 5.11 Å². The maximum absolute atomic E-state index is 9.98. The number of benzene rings is 1. The standard InChI is InChI=1S/C16H16N4O/c1-12-3-2-4-13(16(12)21)9-18-14-5-6-15(19-10-14)20-8-7-17-11-20/h2-8,10-11,18,21H,9H2,1H3. The van der Waals surface area contributed by atoms with Crippen molar-refractivity contribution in [1.82, 2.24) is 14.5 Å². The number of para-hydroxylation sites is 1. The van der Waals surface area contributed by atoms with Crippen molar-refractivity contribution in [1.29, 1.82) is 0 Å². The molecule has 0 amide bonds. The van der Waals surface area contributed by atoms with Crippen LogP contribution in [0.3, 0.4) is 0 Å². The predicted octanol–water partition coefficient (Wildman–Crippen LogP) is 2.89. The minimum atomic E-state index is 0.341. The van der Waals surface area contributed by atoms with Crippen molar-refractivity contribution in [3.8, 4) is 11.6 Å². The quantitative estimate of drug-likeness (QED) is 0.771. The van der Waals surface area contributed by atoms with Crippen molar-refractivity contribution >= 4 is 5.69 Å². The van der Waals surface area contributed by atoms with E-state index >= 15 is 0 Å². The Balaban J connectivity index is 1.70. The first-order valence-electron chi connectivity index (χ1n) is 6.70. The third-order valence-electron chi connectivity index (χ3n) is 3.32. The molecule has 1 aromatic carbocycles. The fraction of sp³-hybridized carbons (Fsp3) is 0.125. The van der Waals surface area contributed by atoms with Crippen molar-refractivity contribution in [3.05, 3.63) is 66.4 Å². The number of hydrogen-bond acceptors (Lipinski definition) is 4. The molecule has 21 heavy (non-hydrogen) atoms. The average molecular weight is 280 g/mol. The van der Waals surface area contributed by atoms with Crippen LogP contribution in [-0.4, -0.2) is 19.6 Å². The predicted molar refractivity (Wildman–Crippen MR) is 81.5 cm³/mol. The second-order valence-electron chi connectivity index (χ2n) is 4.81. The molecule has 0 saturated carbocycles. The van der Waals surface area contributed by atoms with Crippen molar-refractivity contribution in [2.75, 3.05) is 5.32 Å². The van der Waals surface area contributed by atoms with E-state index in [1.54, 1.807) is 18.7 Å². The van der Waals surface area contributed by atoms with Crippen molar-refractivity contribution in [2.45, 2.75) is 13.5 Å². The molecule has 5 heteroatoms. The molecule has 0 aliphatic heterocycles. The number of aryl methyl sites for hydroxylation is 1. The Morgan fingerprint density at radius 2 is 2.14 bits per heavy atom. The lowest BCUT2D eigenvalue weighted by molar-refractivity contribution is 0.465. The maximum Gasteiger partial charge on any atom is 0.137 e. The summed E-state index contributed by atoms with van der Waals surface area (Å²) >= 11 is 0. The van der Waals surface area contributed by atoms with Gasteiger partial charge in [-0.3, -0.25) is 4.57 Å². The van der Waals surface area contributed by atoms with E-state index in [1.807, 2.05) is 48.0 Å². The number of aromatic hydroxyl groups is 1.